The minimum atomic E-state index is 0.258. The molecule has 0 saturated carbocycles. The second-order valence-electron chi connectivity index (χ2n) is 10.7. The Morgan fingerprint density at radius 1 is 0.625 bits per heavy atom. The van der Waals surface area contributed by atoms with Gasteiger partial charge in [-0.25, -0.2) is 0 Å². The Morgan fingerprint density at radius 3 is 1.44 bits per heavy atom. The summed E-state index contributed by atoms with van der Waals surface area (Å²) in [5, 5.41) is 0. The monoisotopic (exact) mass is 423 g/mol. The Balaban J connectivity index is 2.11. The van der Waals surface area contributed by atoms with E-state index in [2.05, 4.69) is 116 Å². The van der Waals surface area contributed by atoms with Crippen molar-refractivity contribution in [2.75, 3.05) is 11.9 Å². The van der Waals surface area contributed by atoms with Crippen molar-refractivity contribution >= 4 is 34.5 Å². The van der Waals surface area contributed by atoms with E-state index in [1.165, 1.54) is 55.6 Å². The molecule has 3 aromatic rings. The second-order valence-corrected chi connectivity index (χ2v) is 10.7. The van der Waals surface area contributed by atoms with Gasteiger partial charge in [-0.1, -0.05) is 83.4 Å². The van der Waals surface area contributed by atoms with Crippen LogP contribution in [0, 0.1) is 13.8 Å². The standard InChI is InChI=1S/C30H38BN/c1-18(2)23-16-24(19(3)4)30(25(17-23)20(5)6)31-26-12-10-21(7)14-28(26)32(9)29-15-22(8)11-13-27(29)31/h10-20H,1-9H3. The van der Waals surface area contributed by atoms with Gasteiger partial charge in [0.05, 0.1) is 0 Å². The van der Waals surface area contributed by atoms with Crippen molar-refractivity contribution in [1.29, 1.82) is 0 Å². The molecule has 0 N–H and O–H groups in total. The zero-order valence-electron chi connectivity index (χ0n) is 21.4. The van der Waals surface area contributed by atoms with Gasteiger partial charge in [0.25, 0.3) is 0 Å². The van der Waals surface area contributed by atoms with Crippen LogP contribution in [0.3, 0.4) is 0 Å². The molecular formula is C30H38BN. The van der Waals surface area contributed by atoms with E-state index in [4.69, 9.17) is 0 Å². The van der Waals surface area contributed by atoms with Crippen molar-refractivity contribution in [2.24, 2.45) is 0 Å². The van der Waals surface area contributed by atoms with Crippen LogP contribution >= 0.6 is 0 Å². The number of hydrogen-bond acceptors (Lipinski definition) is 1. The predicted octanol–water partition coefficient (Wildman–Crippen LogP) is 6.27. The summed E-state index contributed by atoms with van der Waals surface area (Å²) < 4.78 is 0. The van der Waals surface area contributed by atoms with Crippen LogP contribution < -0.4 is 21.3 Å². The molecule has 0 aliphatic carbocycles. The average molecular weight is 423 g/mol. The van der Waals surface area contributed by atoms with E-state index in [0.29, 0.717) is 17.8 Å². The lowest BCUT2D eigenvalue weighted by Gasteiger charge is -2.37. The highest BCUT2D eigenvalue weighted by atomic mass is 15.1. The summed E-state index contributed by atoms with van der Waals surface area (Å²) in [5.41, 5.74) is 14.2. The maximum atomic E-state index is 2.50. The highest BCUT2D eigenvalue weighted by Gasteiger charge is 2.37. The molecule has 1 aliphatic heterocycles. The molecule has 0 spiro atoms. The van der Waals surface area contributed by atoms with Crippen molar-refractivity contribution in [3.8, 4) is 0 Å². The Bertz CT molecular complexity index is 1070. The average Bonchev–Trinajstić information content (AvgIpc) is 2.74. The molecule has 2 heteroatoms. The molecule has 1 nitrogen and oxygen atoms in total. The molecular weight excluding hydrogens is 385 g/mol. The van der Waals surface area contributed by atoms with Crippen molar-refractivity contribution in [3.63, 3.8) is 0 Å². The van der Waals surface area contributed by atoms with Crippen LogP contribution in [0.1, 0.15) is 87.1 Å². The maximum absolute atomic E-state index is 2.50. The molecule has 166 valence electrons. The van der Waals surface area contributed by atoms with Crippen LogP contribution in [0.25, 0.3) is 0 Å². The lowest BCUT2D eigenvalue weighted by Crippen LogP contribution is -2.59. The first-order valence-electron chi connectivity index (χ1n) is 12.2. The number of hydrogen-bond donors (Lipinski definition) is 0. The van der Waals surface area contributed by atoms with Crippen LogP contribution in [-0.4, -0.2) is 13.8 Å². The molecule has 1 heterocycles. The van der Waals surface area contributed by atoms with E-state index in [1.54, 1.807) is 0 Å². The molecule has 0 aromatic heterocycles. The first-order valence-corrected chi connectivity index (χ1v) is 12.2. The van der Waals surface area contributed by atoms with Crippen LogP contribution in [0.4, 0.5) is 11.4 Å². The van der Waals surface area contributed by atoms with Gasteiger partial charge in [0.15, 0.2) is 0 Å². The Kier molecular flexibility index (Phi) is 6.01. The van der Waals surface area contributed by atoms with E-state index in [1.807, 2.05) is 0 Å². The normalized spacial score (nSPS) is 13.2. The molecule has 0 unspecified atom stereocenters. The molecule has 32 heavy (non-hydrogen) atoms. The summed E-state index contributed by atoms with van der Waals surface area (Å²) in [4.78, 5) is 2.40. The Morgan fingerprint density at radius 2 is 1.06 bits per heavy atom. The molecule has 3 aromatic carbocycles. The van der Waals surface area contributed by atoms with Gasteiger partial charge in [0.1, 0.15) is 0 Å². The Labute approximate surface area is 196 Å². The molecule has 0 radical (unpaired) electrons. The van der Waals surface area contributed by atoms with Gasteiger partial charge in [-0.05, 0) is 82.5 Å². The fraction of sp³-hybridized carbons (Fsp3) is 0.400. The first-order chi connectivity index (χ1) is 15.1. The van der Waals surface area contributed by atoms with Crippen molar-refractivity contribution in [1.82, 2.24) is 0 Å². The van der Waals surface area contributed by atoms with Gasteiger partial charge in [0, 0.05) is 18.4 Å². The smallest absolute Gasteiger partial charge is 0.247 e. The minimum absolute atomic E-state index is 0.258. The van der Waals surface area contributed by atoms with Gasteiger partial charge >= 0.3 is 0 Å². The third-order valence-corrected chi connectivity index (χ3v) is 7.18. The third kappa shape index (κ3) is 3.79. The molecule has 0 amide bonds. The molecule has 0 atom stereocenters. The summed E-state index contributed by atoms with van der Waals surface area (Å²) >= 11 is 0. The zero-order valence-corrected chi connectivity index (χ0v) is 21.4. The van der Waals surface area contributed by atoms with Crippen LogP contribution in [0.5, 0.6) is 0 Å². The van der Waals surface area contributed by atoms with Crippen LogP contribution in [0.15, 0.2) is 48.5 Å². The van der Waals surface area contributed by atoms with Gasteiger partial charge in [-0.2, -0.15) is 0 Å². The predicted molar refractivity (Wildman–Crippen MR) is 144 cm³/mol. The summed E-state index contributed by atoms with van der Waals surface area (Å²) in [6, 6.07) is 19.0. The SMILES string of the molecule is Cc1ccc2c(c1)N(C)c1cc(C)ccc1B2c1c(C(C)C)cc(C(C)C)cc1C(C)C. The van der Waals surface area contributed by atoms with Gasteiger partial charge in [0.2, 0.25) is 6.71 Å². The highest BCUT2D eigenvalue weighted by Crippen LogP contribution is 2.31. The molecule has 1 aliphatic rings. The quantitative estimate of drug-likeness (QED) is 0.447. The van der Waals surface area contributed by atoms with Crippen LogP contribution in [0.2, 0.25) is 0 Å². The van der Waals surface area contributed by atoms with Gasteiger partial charge in [-0.3, -0.25) is 0 Å². The molecule has 0 fully saturated rings. The lowest BCUT2D eigenvalue weighted by molar-refractivity contribution is 0.812. The van der Waals surface area contributed by atoms with E-state index >= 15 is 0 Å². The van der Waals surface area contributed by atoms with Crippen LogP contribution in [-0.2, 0) is 0 Å². The highest BCUT2D eigenvalue weighted by molar-refractivity contribution is 6.98. The third-order valence-electron chi connectivity index (χ3n) is 7.18. The number of benzene rings is 3. The lowest BCUT2D eigenvalue weighted by atomic mass is 9.33. The molecule has 4 rings (SSSR count). The van der Waals surface area contributed by atoms with E-state index in [-0.39, 0.29) is 6.71 Å². The van der Waals surface area contributed by atoms with Gasteiger partial charge < -0.3 is 4.90 Å². The number of anilines is 2. The Hall–Kier alpha value is -2.48. The zero-order chi connectivity index (χ0) is 23.3. The van der Waals surface area contributed by atoms with E-state index in [0.717, 1.165) is 0 Å². The first kappa shape index (κ1) is 22.7. The van der Waals surface area contributed by atoms with E-state index in [9.17, 15) is 0 Å². The molecule has 0 saturated heterocycles. The largest absolute Gasteiger partial charge is 0.345 e. The number of rotatable bonds is 4. The fourth-order valence-corrected chi connectivity index (χ4v) is 5.33. The number of nitrogens with zero attached hydrogens (tertiary/aromatic N) is 1. The topological polar surface area (TPSA) is 3.24 Å². The maximum Gasteiger partial charge on any atom is 0.247 e. The fourth-order valence-electron chi connectivity index (χ4n) is 5.33. The molecule has 0 bridgehead atoms. The van der Waals surface area contributed by atoms with E-state index < -0.39 is 0 Å². The number of fused-ring (bicyclic) bond motifs is 2. The summed E-state index contributed by atoms with van der Waals surface area (Å²) in [6.07, 6.45) is 0. The van der Waals surface area contributed by atoms with Crippen molar-refractivity contribution < 1.29 is 0 Å². The summed E-state index contributed by atoms with van der Waals surface area (Å²) in [7, 11) is 2.22. The van der Waals surface area contributed by atoms with Gasteiger partial charge in [-0.15, -0.1) is 0 Å². The minimum Gasteiger partial charge on any atom is -0.345 e. The number of aryl methyl sites for hydroxylation is 2. The second kappa shape index (κ2) is 8.47. The van der Waals surface area contributed by atoms with Crippen molar-refractivity contribution in [3.05, 3.63) is 76.3 Å². The summed E-state index contributed by atoms with van der Waals surface area (Å²) in [6.45, 7) is 18.7. The van der Waals surface area contributed by atoms with Crippen molar-refractivity contribution in [2.45, 2.75) is 73.1 Å². The summed E-state index contributed by atoms with van der Waals surface area (Å²) in [5.74, 6) is 1.48.